The number of nitrogens with one attached hydrogen (secondary N) is 1. The summed E-state index contributed by atoms with van der Waals surface area (Å²) in [6.07, 6.45) is 0. The topological polar surface area (TPSA) is 38.3 Å². The molecule has 0 atom stereocenters. The number of benzene rings is 1. The molecule has 0 saturated carbocycles. The Kier molecular flexibility index (Phi) is 7.10. The zero-order valence-corrected chi connectivity index (χ0v) is 12.3. The van der Waals surface area contributed by atoms with Gasteiger partial charge in [0.05, 0.1) is 5.41 Å². The molecule has 0 aliphatic carbocycles. The molecule has 0 fully saturated rings. The van der Waals surface area contributed by atoms with E-state index in [9.17, 15) is 4.79 Å². The Hall–Kier alpha value is -1.51. The first-order valence-electron chi connectivity index (χ1n) is 6.37. The molecule has 102 valence electrons. The number of hydrogen-bond donors (Lipinski definition) is 1. The van der Waals surface area contributed by atoms with Crippen molar-refractivity contribution in [1.29, 1.82) is 0 Å². The van der Waals surface area contributed by atoms with Gasteiger partial charge in [0.25, 0.3) is 0 Å². The van der Waals surface area contributed by atoms with Crippen LogP contribution in [0, 0.1) is 5.41 Å². The van der Waals surface area contributed by atoms with E-state index in [1.54, 1.807) is 0 Å². The third kappa shape index (κ3) is 5.71. The minimum Gasteiger partial charge on any atom is -0.460 e. The van der Waals surface area contributed by atoms with E-state index in [0.29, 0.717) is 6.61 Å². The van der Waals surface area contributed by atoms with Crippen molar-refractivity contribution in [2.45, 2.75) is 41.2 Å². The van der Waals surface area contributed by atoms with E-state index in [1.807, 2.05) is 65.9 Å². The van der Waals surface area contributed by atoms with Crippen molar-refractivity contribution in [3.8, 4) is 0 Å². The van der Waals surface area contributed by atoms with E-state index in [2.05, 4.69) is 5.32 Å². The molecule has 18 heavy (non-hydrogen) atoms. The van der Waals surface area contributed by atoms with E-state index in [4.69, 9.17) is 4.74 Å². The molecule has 3 nitrogen and oxygen atoms in total. The van der Waals surface area contributed by atoms with Crippen molar-refractivity contribution in [2.75, 3.05) is 12.4 Å². The predicted molar refractivity (Wildman–Crippen MR) is 76.6 cm³/mol. The lowest BCUT2D eigenvalue weighted by atomic mass is 9.97. The maximum absolute atomic E-state index is 11.5. The molecule has 0 radical (unpaired) electrons. The lowest BCUT2D eigenvalue weighted by molar-refractivity contribution is -0.154. The second-order valence-electron chi connectivity index (χ2n) is 4.77. The normalized spacial score (nSPS) is 10.1. The number of carbonyl (C=O) groups excluding carboxylic acids is 1. The van der Waals surface area contributed by atoms with E-state index in [-0.39, 0.29) is 5.97 Å². The van der Waals surface area contributed by atoms with Gasteiger partial charge in [-0.2, -0.15) is 0 Å². The van der Waals surface area contributed by atoms with Crippen molar-refractivity contribution in [2.24, 2.45) is 5.41 Å². The van der Waals surface area contributed by atoms with Gasteiger partial charge >= 0.3 is 5.97 Å². The van der Waals surface area contributed by atoms with Gasteiger partial charge in [0.2, 0.25) is 0 Å². The van der Waals surface area contributed by atoms with Crippen LogP contribution in [0.2, 0.25) is 0 Å². The molecule has 0 aromatic heterocycles. The molecule has 0 bridgehead atoms. The number of hydrogen-bond acceptors (Lipinski definition) is 3. The van der Waals surface area contributed by atoms with Gasteiger partial charge in [-0.05, 0) is 38.5 Å². The molecule has 3 heteroatoms. The van der Waals surface area contributed by atoms with Gasteiger partial charge in [0.15, 0.2) is 0 Å². The average molecular weight is 251 g/mol. The SMILES string of the molecule is CC.CNc1ccc(COC(=O)C(C)(C)C)cc1. The first-order chi connectivity index (χ1) is 8.43. The van der Waals surface area contributed by atoms with E-state index < -0.39 is 5.41 Å². The Bertz CT molecular complexity index is 350. The summed E-state index contributed by atoms with van der Waals surface area (Å²) in [6, 6.07) is 7.81. The smallest absolute Gasteiger partial charge is 0.311 e. The lowest BCUT2D eigenvalue weighted by Crippen LogP contribution is -2.22. The zero-order chi connectivity index (χ0) is 14.2. The van der Waals surface area contributed by atoms with Gasteiger partial charge in [0, 0.05) is 12.7 Å². The summed E-state index contributed by atoms with van der Waals surface area (Å²) < 4.78 is 5.21. The predicted octanol–water partition coefficient (Wildman–Crippen LogP) is 3.84. The van der Waals surface area contributed by atoms with Gasteiger partial charge in [-0.3, -0.25) is 4.79 Å². The number of ether oxygens (including phenoxy) is 1. The molecular weight excluding hydrogens is 226 g/mol. The Morgan fingerprint density at radius 1 is 1.17 bits per heavy atom. The highest BCUT2D eigenvalue weighted by Gasteiger charge is 2.22. The standard InChI is InChI=1S/C13H19NO2.C2H6/c1-13(2,3)12(15)16-9-10-5-7-11(14-4)8-6-10;1-2/h5-8,14H,9H2,1-4H3;1-2H3. The molecule has 0 unspecified atom stereocenters. The van der Waals surface area contributed by atoms with Crippen molar-refractivity contribution >= 4 is 11.7 Å². The number of esters is 1. The summed E-state index contributed by atoms with van der Waals surface area (Å²) >= 11 is 0. The van der Waals surface area contributed by atoms with Crippen molar-refractivity contribution in [3.05, 3.63) is 29.8 Å². The van der Waals surface area contributed by atoms with Crippen molar-refractivity contribution in [1.82, 2.24) is 0 Å². The van der Waals surface area contributed by atoms with Gasteiger partial charge in [-0.1, -0.05) is 26.0 Å². The lowest BCUT2D eigenvalue weighted by Gasteiger charge is -2.16. The highest BCUT2D eigenvalue weighted by molar-refractivity contribution is 5.75. The van der Waals surface area contributed by atoms with Gasteiger partial charge in [-0.15, -0.1) is 0 Å². The molecule has 1 N–H and O–H groups in total. The average Bonchev–Trinajstić information content (AvgIpc) is 2.37. The van der Waals surface area contributed by atoms with Crippen LogP contribution in [0.3, 0.4) is 0 Å². The van der Waals surface area contributed by atoms with Gasteiger partial charge < -0.3 is 10.1 Å². The van der Waals surface area contributed by atoms with Crippen LogP contribution in [-0.2, 0) is 16.1 Å². The molecule has 0 saturated heterocycles. The number of anilines is 1. The summed E-state index contributed by atoms with van der Waals surface area (Å²) in [5, 5.41) is 3.04. The molecule has 0 aliphatic heterocycles. The second-order valence-corrected chi connectivity index (χ2v) is 4.77. The van der Waals surface area contributed by atoms with Crippen LogP contribution < -0.4 is 5.32 Å². The largest absolute Gasteiger partial charge is 0.460 e. The van der Waals surface area contributed by atoms with Crippen LogP contribution in [0.4, 0.5) is 5.69 Å². The van der Waals surface area contributed by atoms with Crippen LogP contribution >= 0.6 is 0 Å². The van der Waals surface area contributed by atoms with E-state index in [1.165, 1.54) is 0 Å². The molecule has 1 rings (SSSR count). The maximum atomic E-state index is 11.5. The van der Waals surface area contributed by atoms with Crippen LogP contribution in [-0.4, -0.2) is 13.0 Å². The fourth-order valence-electron chi connectivity index (χ4n) is 1.13. The summed E-state index contributed by atoms with van der Waals surface area (Å²) in [4.78, 5) is 11.5. The number of rotatable bonds is 3. The molecule has 1 aromatic rings. The minimum absolute atomic E-state index is 0.176. The molecule has 1 aromatic carbocycles. The zero-order valence-electron chi connectivity index (χ0n) is 12.3. The van der Waals surface area contributed by atoms with Crippen LogP contribution in [0.25, 0.3) is 0 Å². The first-order valence-corrected chi connectivity index (χ1v) is 6.37. The van der Waals surface area contributed by atoms with Crippen molar-refractivity contribution in [3.63, 3.8) is 0 Å². The van der Waals surface area contributed by atoms with Gasteiger partial charge in [0.1, 0.15) is 6.61 Å². The highest BCUT2D eigenvalue weighted by atomic mass is 16.5. The van der Waals surface area contributed by atoms with E-state index >= 15 is 0 Å². The molecular formula is C15H25NO2. The van der Waals surface area contributed by atoms with E-state index in [0.717, 1.165) is 11.3 Å². The minimum atomic E-state index is -0.440. The monoisotopic (exact) mass is 251 g/mol. The molecule has 0 heterocycles. The quantitative estimate of drug-likeness (QED) is 0.829. The Morgan fingerprint density at radius 2 is 1.67 bits per heavy atom. The van der Waals surface area contributed by atoms with Gasteiger partial charge in [-0.25, -0.2) is 0 Å². The summed E-state index contributed by atoms with van der Waals surface area (Å²) in [7, 11) is 1.87. The van der Waals surface area contributed by atoms with Crippen LogP contribution in [0.5, 0.6) is 0 Å². The Labute approximate surface area is 111 Å². The van der Waals surface area contributed by atoms with Crippen LogP contribution in [0.1, 0.15) is 40.2 Å². The Morgan fingerprint density at radius 3 is 2.06 bits per heavy atom. The van der Waals surface area contributed by atoms with Crippen molar-refractivity contribution < 1.29 is 9.53 Å². The molecule has 0 amide bonds. The summed E-state index contributed by atoms with van der Waals surface area (Å²) in [6.45, 7) is 9.87. The number of carbonyl (C=O) groups is 1. The fourth-order valence-corrected chi connectivity index (χ4v) is 1.13. The summed E-state index contributed by atoms with van der Waals surface area (Å²) in [5.74, 6) is -0.176. The molecule has 0 aliphatic rings. The third-order valence-corrected chi connectivity index (χ3v) is 2.22. The molecule has 0 spiro atoms. The first kappa shape index (κ1) is 16.5. The maximum Gasteiger partial charge on any atom is 0.311 e. The third-order valence-electron chi connectivity index (χ3n) is 2.22. The second kappa shape index (κ2) is 7.75. The Balaban J connectivity index is 0.00000137. The van der Waals surface area contributed by atoms with Crippen LogP contribution in [0.15, 0.2) is 24.3 Å². The summed E-state index contributed by atoms with van der Waals surface area (Å²) in [5.41, 5.74) is 1.60. The fraction of sp³-hybridized carbons (Fsp3) is 0.533. The highest BCUT2D eigenvalue weighted by Crippen LogP contribution is 2.17.